The average molecular weight is 507 g/mol. The van der Waals surface area contributed by atoms with E-state index in [9.17, 15) is 17.6 Å². The van der Waals surface area contributed by atoms with Gasteiger partial charge in [0, 0.05) is 5.56 Å². The third kappa shape index (κ3) is 5.60. The predicted octanol–water partition coefficient (Wildman–Crippen LogP) is 4.57. The highest BCUT2D eigenvalue weighted by atomic mass is 35.5. The smallest absolute Gasteiger partial charge is 0.264 e. The second-order valence-corrected chi connectivity index (χ2v) is 9.59. The van der Waals surface area contributed by atoms with Crippen LogP contribution in [-0.2, 0) is 14.8 Å². The lowest BCUT2D eigenvalue weighted by Gasteiger charge is -2.25. The van der Waals surface area contributed by atoms with Gasteiger partial charge in [0.05, 0.1) is 35.9 Å². The summed E-state index contributed by atoms with van der Waals surface area (Å²) in [4.78, 5) is 13.0. The van der Waals surface area contributed by atoms with Gasteiger partial charge in [-0.3, -0.25) is 9.10 Å². The molecule has 34 heavy (non-hydrogen) atoms. The molecule has 0 spiro atoms. The Kier molecular flexibility index (Phi) is 8.01. The van der Waals surface area contributed by atoms with Crippen molar-refractivity contribution in [1.29, 1.82) is 0 Å². The summed E-state index contributed by atoms with van der Waals surface area (Å²) in [5.74, 6) is -0.179. The number of sulfonamides is 1. The van der Waals surface area contributed by atoms with E-state index in [2.05, 4.69) is 5.32 Å². The van der Waals surface area contributed by atoms with Crippen molar-refractivity contribution >= 4 is 33.2 Å². The summed E-state index contributed by atoms with van der Waals surface area (Å²) in [7, 11) is -1.13. The van der Waals surface area contributed by atoms with Crippen molar-refractivity contribution in [3.8, 4) is 11.5 Å². The average Bonchev–Trinajstić information content (AvgIpc) is 2.84. The van der Waals surface area contributed by atoms with E-state index in [0.717, 1.165) is 10.4 Å². The summed E-state index contributed by atoms with van der Waals surface area (Å²) in [5, 5.41) is 2.52. The lowest BCUT2D eigenvalue weighted by Crippen LogP contribution is -2.41. The Morgan fingerprint density at radius 1 is 1.06 bits per heavy atom. The van der Waals surface area contributed by atoms with Crippen molar-refractivity contribution in [2.24, 2.45) is 0 Å². The highest BCUT2D eigenvalue weighted by Gasteiger charge is 2.28. The fourth-order valence-electron chi connectivity index (χ4n) is 3.35. The Hall–Kier alpha value is -3.30. The minimum Gasteiger partial charge on any atom is -0.497 e. The lowest BCUT2D eigenvalue weighted by molar-refractivity contribution is -0.120. The van der Waals surface area contributed by atoms with E-state index in [1.165, 1.54) is 38.5 Å². The standard InChI is InChI=1S/C24H24ClFN2O5S/c1-16(20-14-18(32-2)10-12-23(20)33-3)27-24(29)15-28(17-9-11-22(26)21(25)13-17)34(30,31)19-7-5-4-6-8-19/h4-14,16H,15H2,1-3H3,(H,27,29)/t16-/m0/s1. The first-order chi connectivity index (χ1) is 16.2. The summed E-state index contributed by atoms with van der Waals surface area (Å²) in [6.45, 7) is 1.18. The van der Waals surface area contributed by atoms with Gasteiger partial charge in [0.2, 0.25) is 5.91 Å². The maximum atomic E-state index is 13.7. The summed E-state index contributed by atoms with van der Waals surface area (Å²) < 4.78 is 52.0. The van der Waals surface area contributed by atoms with Crippen LogP contribution in [0.15, 0.2) is 71.6 Å². The highest BCUT2D eigenvalue weighted by molar-refractivity contribution is 7.92. The van der Waals surface area contributed by atoms with Gasteiger partial charge in [0.15, 0.2) is 0 Å². The predicted molar refractivity (Wildman–Crippen MR) is 128 cm³/mol. The molecule has 3 rings (SSSR count). The third-order valence-electron chi connectivity index (χ3n) is 5.09. The zero-order valence-corrected chi connectivity index (χ0v) is 20.4. The van der Waals surface area contributed by atoms with Crippen molar-refractivity contribution in [1.82, 2.24) is 5.32 Å². The van der Waals surface area contributed by atoms with Crippen molar-refractivity contribution < 1.29 is 27.1 Å². The SMILES string of the molecule is COc1ccc(OC)c([C@H](C)NC(=O)CN(c2ccc(F)c(Cl)c2)S(=O)(=O)c2ccccc2)c1. The summed E-state index contributed by atoms with van der Waals surface area (Å²) in [6.07, 6.45) is 0. The third-order valence-corrected chi connectivity index (χ3v) is 7.17. The lowest BCUT2D eigenvalue weighted by atomic mass is 10.1. The van der Waals surface area contributed by atoms with Crippen LogP contribution in [0.2, 0.25) is 5.02 Å². The van der Waals surface area contributed by atoms with Gasteiger partial charge in [0.1, 0.15) is 23.9 Å². The molecule has 180 valence electrons. The number of methoxy groups -OCH3 is 2. The molecule has 1 atom stereocenters. The van der Waals surface area contributed by atoms with Crippen LogP contribution < -0.4 is 19.1 Å². The van der Waals surface area contributed by atoms with E-state index < -0.39 is 34.3 Å². The number of rotatable bonds is 9. The maximum Gasteiger partial charge on any atom is 0.264 e. The largest absolute Gasteiger partial charge is 0.497 e. The number of halogens is 2. The summed E-state index contributed by atoms with van der Waals surface area (Å²) in [6, 6.07) is 15.7. The fraction of sp³-hybridized carbons (Fsp3) is 0.208. The summed E-state index contributed by atoms with van der Waals surface area (Å²) in [5.41, 5.74) is 0.703. The zero-order valence-electron chi connectivity index (χ0n) is 18.8. The number of hydrogen-bond donors (Lipinski definition) is 1. The number of anilines is 1. The zero-order chi connectivity index (χ0) is 24.9. The topological polar surface area (TPSA) is 84.9 Å². The minimum absolute atomic E-state index is 0.0224. The van der Waals surface area contributed by atoms with Crippen LogP contribution in [0.1, 0.15) is 18.5 Å². The molecule has 0 bridgehead atoms. The van der Waals surface area contributed by atoms with E-state index in [0.29, 0.717) is 17.1 Å². The van der Waals surface area contributed by atoms with E-state index in [-0.39, 0.29) is 15.6 Å². The molecule has 0 aliphatic rings. The van der Waals surface area contributed by atoms with E-state index in [1.807, 2.05) is 0 Å². The number of carbonyl (C=O) groups is 1. The molecule has 0 saturated heterocycles. The monoisotopic (exact) mass is 506 g/mol. The van der Waals surface area contributed by atoms with Crippen LogP contribution in [0.4, 0.5) is 10.1 Å². The van der Waals surface area contributed by atoms with Crippen molar-refractivity contribution in [3.63, 3.8) is 0 Å². The van der Waals surface area contributed by atoms with Crippen molar-refractivity contribution in [2.45, 2.75) is 17.9 Å². The second kappa shape index (κ2) is 10.8. The number of carbonyl (C=O) groups excluding carboxylic acids is 1. The number of hydrogen-bond acceptors (Lipinski definition) is 5. The number of amides is 1. The molecule has 7 nitrogen and oxygen atoms in total. The Morgan fingerprint density at radius 2 is 1.76 bits per heavy atom. The molecule has 0 aromatic heterocycles. The van der Waals surface area contributed by atoms with Gasteiger partial charge in [-0.05, 0) is 55.5 Å². The Morgan fingerprint density at radius 3 is 2.38 bits per heavy atom. The van der Waals surface area contributed by atoms with E-state index >= 15 is 0 Å². The molecule has 0 fully saturated rings. The molecule has 10 heteroatoms. The van der Waals surface area contributed by atoms with Gasteiger partial charge in [-0.15, -0.1) is 0 Å². The molecule has 1 amide bonds. The van der Waals surface area contributed by atoms with E-state index in [4.69, 9.17) is 21.1 Å². The highest BCUT2D eigenvalue weighted by Crippen LogP contribution is 2.30. The molecule has 0 radical (unpaired) electrons. The number of benzene rings is 3. The Balaban J connectivity index is 1.92. The van der Waals surface area contributed by atoms with Gasteiger partial charge >= 0.3 is 0 Å². The van der Waals surface area contributed by atoms with Crippen molar-refractivity contribution in [2.75, 3.05) is 25.1 Å². The molecule has 0 aliphatic heterocycles. The first-order valence-corrected chi connectivity index (χ1v) is 12.0. The molecule has 3 aromatic carbocycles. The molecular weight excluding hydrogens is 483 g/mol. The fourth-order valence-corrected chi connectivity index (χ4v) is 4.96. The number of nitrogens with one attached hydrogen (secondary N) is 1. The first-order valence-electron chi connectivity index (χ1n) is 10.2. The molecule has 3 aromatic rings. The molecule has 1 N–H and O–H groups in total. The molecule has 0 unspecified atom stereocenters. The van der Waals surface area contributed by atoms with Gasteiger partial charge in [-0.2, -0.15) is 0 Å². The van der Waals surface area contributed by atoms with Crippen LogP contribution in [0.3, 0.4) is 0 Å². The van der Waals surface area contributed by atoms with Crippen LogP contribution in [0.25, 0.3) is 0 Å². The number of nitrogens with zero attached hydrogens (tertiary/aromatic N) is 1. The number of ether oxygens (including phenoxy) is 2. The molecule has 0 heterocycles. The minimum atomic E-state index is -4.16. The van der Waals surface area contributed by atoms with Gasteiger partial charge in [-0.25, -0.2) is 12.8 Å². The van der Waals surface area contributed by atoms with E-state index in [1.54, 1.807) is 43.3 Å². The normalized spacial score (nSPS) is 12.0. The Bertz CT molecular complexity index is 1270. The summed E-state index contributed by atoms with van der Waals surface area (Å²) >= 11 is 5.89. The van der Waals surface area contributed by atoms with Gasteiger partial charge in [-0.1, -0.05) is 29.8 Å². The van der Waals surface area contributed by atoms with Gasteiger partial charge in [0.25, 0.3) is 10.0 Å². The second-order valence-electron chi connectivity index (χ2n) is 7.32. The molecule has 0 saturated carbocycles. The molecular formula is C24H24ClFN2O5S. The quantitative estimate of drug-likeness (QED) is 0.459. The van der Waals surface area contributed by atoms with Crippen LogP contribution >= 0.6 is 11.6 Å². The van der Waals surface area contributed by atoms with Crippen LogP contribution in [0, 0.1) is 5.82 Å². The first kappa shape index (κ1) is 25.3. The van der Waals surface area contributed by atoms with Crippen LogP contribution in [0.5, 0.6) is 11.5 Å². The van der Waals surface area contributed by atoms with Crippen LogP contribution in [-0.4, -0.2) is 35.1 Å². The Labute approximate surface area is 203 Å². The van der Waals surface area contributed by atoms with Gasteiger partial charge < -0.3 is 14.8 Å². The van der Waals surface area contributed by atoms with Crippen molar-refractivity contribution in [3.05, 3.63) is 83.1 Å². The molecule has 0 aliphatic carbocycles. The maximum absolute atomic E-state index is 13.7.